The largest absolute Gasteiger partial charge is 0.265 e. The molecule has 0 aliphatic heterocycles. The maximum Gasteiger partial charge on any atom is 0.139 e. The minimum absolute atomic E-state index is 0.594. The zero-order valence-electron chi connectivity index (χ0n) is 6.94. The lowest BCUT2D eigenvalue weighted by molar-refractivity contribution is 1.30. The summed E-state index contributed by atoms with van der Waals surface area (Å²) in [4.78, 5) is 8.75. The van der Waals surface area contributed by atoms with Crippen molar-refractivity contribution in [3.63, 3.8) is 0 Å². The van der Waals surface area contributed by atoms with Crippen LogP contribution in [0.4, 0.5) is 0 Å². The van der Waals surface area contributed by atoms with Gasteiger partial charge in [0.1, 0.15) is 20.6 Å². The fourth-order valence-corrected chi connectivity index (χ4v) is 2.37. The maximum absolute atomic E-state index is 8.76. The minimum atomic E-state index is 0.594. The first-order valence-electron chi connectivity index (χ1n) is 3.78. The molecule has 2 aromatic rings. The van der Waals surface area contributed by atoms with Crippen LogP contribution < -0.4 is 0 Å². The van der Waals surface area contributed by atoms with E-state index < -0.39 is 0 Å². The molecule has 0 unspecified atom stereocenters. The third-order valence-electron chi connectivity index (χ3n) is 1.61. The van der Waals surface area contributed by atoms with Gasteiger partial charge in [-0.25, -0.2) is 4.98 Å². The summed E-state index contributed by atoms with van der Waals surface area (Å²) in [5, 5.41) is 9.59. The lowest BCUT2D eigenvalue weighted by Crippen LogP contribution is -1.75. The van der Waals surface area contributed by atoms with Gasteiger partial charge in [-0.1, -0.05) is 0 Å². The van der Waals surface area contributed by atoms with Crippen LogP contribution in [0.3, 0.4) is 0 Å². The molecule has 0 spiro atoms. The molecule has 0 radical (unpaired) electrons. The van der Waals surface area contributed by atoms with Gasteiger partial charge in [-0.2, -0.15) is 5.26 Å². The summed E-state index contributed by atoms with van der Waals surface area (Å²) >= 11 is 4.60. The summed E-state index contributed by atoms with van der Waals surface area (Å²) in [6.45, 7) is 0. The second-order valence-electron chi connectivity index (χ2n) is 2.49. The fourth-order valence-electron chi connectivity index (χ4n) is 0.988. The van der Waals surface area contributed by atoms with Crippen LogP contribution in [0.25, 0.3) is 10.6 Å². The number of nitriles is 1. The van der Waals surface area contributed by atoms with Crippen molar-refractivity contribution in [1.82, 2.24) is 9.97 Å². The van der Waals surface area contributed by atoms with Crippen LogP contribution in [0, 0.1) is 11.3 Å². The molecular formula is C9H4BrN3S. The third kappa shape index (κ3) is 1.67. The Morgan fingerprint density at radius 1 is 1.36 bits per heavy atom. The molecule has 3 nitrogen and oxygen atoms in total. The standard InChI is InChI=1S/C9H4BrN3S/c10-8-7(5-11)14-9(13-8)6-1-3-12-4-2-6/h1-4H. The highest BCUT2D eigenvalue weighted by molar-refractivity contribution is 9.10. The Morgan fingerprint density at radius 3 is 2.64 bits per heavy atom. The van der Waals surface area contributed by atoms with Crippen molar-refractivity contribution in [2.75, 3.05) is 0 Å². The molecule has 0 N–H and O–H groups in total. The summed E-state index contributed by atoms with van der Waals surface area (Å²) in [5.41, 5.74) is 0.979. The van der Waals surface area contributed by atoms with Crippen molar-refractivity contribution >= 4 is 27.3 Å². The molecule has 0 fully saturated rings. The van der Waals surface area contributed by atoms with Crippen LogP contribution in [0.5, 0.6) is 0 Å². The van der Waals surface area contributed by atoms with E-state index in [0.29, 0.717) is 9.48 Å². The zero-order chi connectivity index (χ0) is 9.97. The molecule has 0 aliphatic carbocycles. The SMILES string of the molecule is N#Cc1sc(-c2ccncc2)nc1Br. The highest BCUT2D eigenvalue weighted by atomic mass is 79.9. The van der Waals surface area contributed by atoms with E-state index in [1.54, 1.807) is 12.4 Å². The van der Waals surface area contributed by atoms with Gasteiger partial charge in [0.05, 0.1) is 0 Å². The molecule has 68 valence electrons. The molecule has 5 heteroatoms. The van der Waals surface area contributed by atoms with E-state index in [9.17, 15) is 0 Å². The van der Waals surface area contributed by atoms with E-state index in [1.165, 1.54) is 11.3 Å². The molecular weight excluding hydrogens is 262 g/mol. The molecule has 14 heavy (non-hydrogen) atoms. The van der Waals surface area contributed by atoms with E-state index in [4.69, 9.17) is 5.26 Å². The lowest BCUT2D eigenvalue weighted by Gasteiger charge is -1.91. The highest BCUT2D eigenvalue weighted by Crippen LogP contribution is 2.29. The zero-order valence-corrected chi connectivity index (χ0v) is 9.34. The molecule has 2 aromatic heterocycles. The number of hydrogen-bond acceptors (Lipinski definition) is 4. The maximum atomic E-state index is 8.76. The molecule has 0 saturated heterocycles. The summed E-state index contributed by atoms with van der Waals surface area (Å²) in [6, 6.07) is 5.81. The molecule has 2 heterocycles. The number of thiazole rings is 1. The average molecular weight is 266 g/mol. The Bertz CT molecular complexity index is 487. The number of aromatic nitrogens is 2. The van der Waals surface area contributed by atoms with Crippen LogP contribution in [0.1, 0.15) is 4.88 Å². The van der Waals surface area contributed by atoms with Crippen molar-refractivity contribution in [1.29, 1.82) is 5.26 Å². The lowest BCUT2D eigenvalue weighted by atomic mass is 10.3. The molecule has 2 rings (SSSR count). The molecule has 0 aromatic carbocycles. The fraction of sp³-hybridized carbons (Fsp3) is 0. The predicted molar refractivity (Wildman–Crippen MR) is 57.8 cm³/mol. The first kappa shape index (κ1) is 9.31. The van der Waals surface area contributed by atoms with Gasteiger partial charge in [0.15, 0.2) is 0 Å². The summed E-state index contributed by atoms with van der Waals surface area (Å²) < 4.78 is 0.608. The van der Waals surface area contributed by atoms with Crippen molar-refractivity contribution < 1.29 is 0 Å². The number of hydrogen-bond donors (Lipinski definition) is 0. The minimum Gasteiger partial charge on any atom is -0.265 e. The van der Waals surface area contributed by atoms with E-state index >= 15 is 0 Å². The quantitative estimate of drug-likeness (QED) is 0.797. The van der Waals surface area contributed by atoms with Crippen LogP contribution in [0.2, 0.25) is 0 Å². The van der Waals surface area contributed by atoms with Crippen molar-refractivity contribution in [3.8, 4) is 16.6 Å². The second-order valence-corrected chi connectivity index (χ2v) is 4.24. The Morgan fingerprint density at radius 2 is 2.07 bits per heavy atom. The van der Waals surface area contributed by atoms with Crippen LogP contribution in [-0.2, 0) is 0 Å². The van der Waals surface area contributed by atoms with Gasteiger partial charge < -0.3 is 0 Å². The highest BCUT2D eigenvalue weighted by Gasteiger charge is 2.09. The summed E-state index contributed by atoms with van der Waals surface area (Å²) in [6.07, 6.45) is 3.41. The van der Waals surface area contributed by atoms with E-state index in [1.807, 2.05) is 12.1 Å². The van der Waals surface area contributed by atoms with Crippen molar-refractivity contribution in [2.24, 2.45) is 0 Å². The second kappa shape index (κ2) is 3.86. The Balaban J connectivity index is 2.50. The monoisotopic (exact) mass is 265 g/mol. The summed E-state index contributed by atoms with van der Waals surface area (Å²) in [5.74, 6) is 0. The number of halogens is 1. The first-order valence-corrected chi connectivity index (χ1v) is 5.39. The van der Waals surface area contributed by atoms with Gasteiger partial charge in [0.2, 0.25) is 0 Å². The topological polar surface area (TPSA) is 49.6 Å². The average Bonchev–Trinajstić information content (AvgIpc) is 2.61. The van der Waals surface area contributed by atoms with Crippen molar-refractivity contribution in [2.45, 2.75) is 0 Å². The third-order valence-corrected chi connectivity index (χ3v) is 3.46. The van der Waals surface area contributed by atoms with E-state index in [-0.39, 0.29) is 0 Å². The Kier molecular flexibility index (Phi) is 2.57. The molecule has 0 bridgehead atoms. The van der Waals surface area contributed by atoms with Crippen molar-refractivity contribution in [3.05, 3.63) is 34.0 Å². The van der Waals surface area contributed by atoms with Gasteiger partial charge >= 0.3 is 0 Å². The number of nitrogens with zero attached hydrogens (tertiary/aromatic N) is 3. The number of pyridine rings is 1. The number of rotatable bonds is 1. The first-order chi connectivity index (χ1) is 6.81. The van der Waals surface area contributed by atoms with Crippen LogP contribution in [-0.4, -0.2) is 9.97 Å². The van der Waals surface area contributed by atoms with Gasteiger partial charge in [-0.05, 0) is 28.1 Å². The van der Waals surface area contributed by atoms with E-state index in [2.05, 4.69) is 32.0 Å². The van der Waals surface area contributed by atoms with Gasteiger partial charge in [-0.15, -0.1) is 11.3 Å². The van der Waals surface area contributed by atoms with Gasteiger partial charge in [0.25, 0.3) is 0 Å². The van der Waals surface area contributed by atoms with Gasteiger partial charge in [0, 0.05) is 18.0 Å². The normalized spacial score (nSPS) is 9.71. The molecule has 0 aliphatic rings. The van der Waals surface area contributed by atoms with Gasteiger partial charge in [-0.3, -0.25) is 4.98 Å². The smallest absolute Gasteiger partial charge is 0.139 e. The van der Waals surface area contributed by atoms with Crippen LogP contribution >= 0.6 is 27.3 Å². The molecule has 0 amide bonds. The molecule has 0 saturated carbocycles. The summed E-state index contributed by atoms with van der Waals surface area (Å²) in [7, 11) is 0. The van der Waals surface area contributed by atoms with E-state index in [0.717, 1.165) is 10.6 Å². The Labute approximate surface area is 93.2 Å². The van der Waals surface area contributed by atoms with Crippen LogP contribution in [0.15, 0.2) is 29.1 Å². The molecule has 0 atom stereocenters. The predicted octanol–water partition coefficient (Wildman–Crippen LogP) is 2.84. The Hall–Kier alpha value is -1.25.